The fourth-order valence-electron chi connectivity index (χ4n) is 3.92. The summed E-state index contributed by atoms with van der Waals surface area (Å²) in [6.45, 7) is 6.17. The van der Waals surface area contributed by atoms with Gasteiger partial charge in [0.2, 0.25) is 0 Å². The number of carbonyl (C=O) groups excluding carboxylic acids is 2. The standard InChI is InChI=1S/C25H29NO6/c1-6-14-26-22(16-10-12-17(13-11-16)32-15(2)3)21(24(28)25(26)29)23(27)20-18(30-4)8-7-9-19(20)31-5/h7-13,15,22,27H,6,14H2,1-5H3/b23-21+. The predicted octanol–water partition coefficient (Wildman–Crippen LogP) is 4.32. The number of ether oxygens (including phenoxy) is 3. The molecule has 0 aliphatic carbocycles. The highest BCUT2D eigenvalue weighted by molar-refractivity contribution is 6.46. The van der Waals surface area contributed by atoms with Crippen LogP contribution in [0.1, 0.15) is 44.4 Å². The number of ketones is 1. The number of Topliss-reactive ketones (excluding diaryl/α,β-unsaturated/α-hetero) is 1. The number of carbonyl (C=O) groups is 2. The summed E-state index contributed by atoms with van der Waals surface area (Å²) in [6.07, 6.45) is 0.681. The molecule has 1 atom stereocenters. The van der Waals surface area contributed by atoms with E-state index in [4.69, 9.17) is 14.2 Å². The van der Waals surface area contributed by atoms with Crippen LogP contribution in [0, 0.1) is 0 Å². The van der Waals surface area contributed by atoms with E-state index < -0.39 is 17.7 Å². The lowest BCUT2D eigenvalue weighted by molar-refractivity contribution is -0.139. The minimum atomic E-state index is -0.739. The van der Waals surface area contributed by atoms with Gasteiger partial charge in [-0.3, -0.25) is 9.59 Å². The zero-order chi connectivity index (χ0) is 23.4. The molecular formula is C25H29NO6. The van der Waals surface area contributed by atoms with Gasteiger partial charge < -0.3 is 24.2 Å². The Hall–Kier alpha value is -3.48. The second-order valence-corrected chi connectivity index (χ2v) is 7.77. The van der Waals surface area contributed by atoms with Crippen LogP contribution < -0.4 is 14.2 Å². The van der Waals surface area contributed by atoms with Crippen molar-refractivity contribution < 1.29 is 28.9 Å². The number of hydrogen-bond donors (Lipinski definition) is 1. The van der Waals surface area contributed by atoms with Crippen molar-refractivity contribution >= 4 is 17.4 Å². The van der Waals surface area contributed by atoms with E-state index >= 15 is 0 Å². The minimum absolute atomic E-state index is 0.00350. The highest BCUT2D eigenvalue weighted by atomic mass is 16.5. The molecule has 0 spiro atoms. The summed E-state index contributed by atoms with van der Waals surface area (Å²) >= 11 is 0. The zero-order valence-electron chi connectivity index (χ0n) is 19.0. The molecule has 32 heavy (non-hydrogen) atoms. The van der Waals surface area contributed by atoms with Crippen LogP contribution in [0.5, 0.6) is 17.2 Å². The Morgan fingerprint density at radius 3 is 2.12 bits per heavy atom. The van der Waals surface area contributed by atoms with Crippen molar-refractivity contribution in [2.24, 2.45) is 0 Å². The molecule has 0 aromatic heterocycles. The van der Waals surface area contributed by atoms with Crippen LogP contribution in [0.2, 0.25) is 0 Å². The van der Waals surface area contributed by atoms with E-state index in [0.717, 1.165) is 0 Å². The Labute approximate surface area is 188 Å². The highest BCUT2D eigenvalue weighted by Gasteiger charge is 2.46. The fourth-order valence-corrected chi connectivity index (χ4v) is 3.92. The Morgan fingerprint density at radius 2 is 1.62 bits per heavy atom. The van der Waals surface area contributed by atoms with E-state index in [9.17, 15) is 14.7 Å². The number of benzene rings is 2. The van der Waals surface area contributed by atoms with Gasteiger partial charge in [0, 0.05) is 6.54 Å². The fraction of sp³-hybridized carbons (Fsp3) is 0.360. The van der Waals surface area contributed by atoms with E-state index in [0.29, 0.717) is 35.8 Å². The lowest BCUT2D eigenvalue weighted by atomic mass is 9.94. The molecule has 7 nitrogen and oxygen atoms in total. The van der Waals surface area contributed by atoms with E-state index in [1.807, 2.05) is 32.9 Å². The summed E-state index contributed by atoms with van der Waals surface area (Å²) in [5, 5.41) is 11.3. The number of hydrogen-bond acceptors (Lipinski definition) is 6. The van der Waals surface area contributed by atoms with Gasteiger partial charge in [0.05, 0.1) is 31.9 Å². The topological polar surface area (TPSA) is 85.3 Å². The van der Waals surface area contributed by atoms with Crippen molar-refractivity contribution in [1.82, 2.24) is 4.90 Å². The summed E-state index contributed by atoms with van der Waals surface area (Å²) in [6, 6.07) is 11.5. The number of rotatable bonds is 8. The molecule has 1 N–H and O–H groups in total. The molecule has 1 aliphatic heterocycles. The molecule has 0 radical (unpaired) electrons. The van der Waals surface area contributed by atoms with Crippen LogP contribution in [-0.2, 0) is 9.59 Å². The molecular weight excluding hydrogens is 410 g/mol. The van der Waals surface area contributed by atoms with Crippen LogP contribution in [0.4, 0.5) is 0 Å². The molecule has 1 saturated heterocycles. The quantitative estimate of drug-likeness (QED) is 0.375. The third-order valence-corrected chi connectivity index (χ3v) is 5.24. The Kier molecular flexibility index (Phi) is 7.08. The SMILES string of the molecule is CCCN1C(=O)C(=O)/C(=C(/O)c2c(OC)cccc2OC)C1c1ccc(OC(C)C)cc1. The number of aliphatic hydroxyl groups excluding tert-OH is 1. The minimum Gasteiger partial charge on any atom is -0.506 e. The van der Waals surface area contributed by atoms with Gasteiger partial charge in [-0.05, 0) is 50.1 Å². The summed E-state index contributed by atoms with van der Waals surface area (Å²) in [5.74, 6) is -0.358. The molecule has 1 fully saturated rings. The first kappa shape index (κ1) is 23.2. The smallest absolute Gasteiger partial charge is 0.295 e. The number of nitrogens with zero attached hydrogens (tertiary/aromatic N) is 1. The molecule has 2 aromatic rings. The van der Waals surface area contributed by atoms with Crippen molar-refractivity contribution in [3.8, 4) is 17.2 Å². The largest absolute Gasteiger partial charge is 0.506 e. The predicted molar refractivity (Wildman–Crippen MR) is 121 cm³/mol. The average Bonchev–Trinajstić information content (AvgIpc) is 3.03. The van der Waals surface area contributed by atoms with Crippen LogP contribution in [0.25, 0.3) is 5.76 Å². The molecule has 1 heterocycles. The summed E-state index contributed by atoms with van der Waals surface area (Å²) < 4.78 is 16.5. The first-order chi connectivity index (χ1) is 15.3. The molecule has 1 aliphatic rings. The summed E-state index contributed by atoms with van der Waals surface area (Å²) in [4.78, 5) is 27.5. The second kappa shape index (κ2) is 9.77. The van der Waals surface area contributed by atoms with E-state index in [-0.39, 0.29) is 23.0 Å². The van der Waals surface area contributed by atoms with Crippen molar-refractivity contribution in [2.75, 3.05) is 20.8 Å². The molecule has 0 bridgehead atoms. The summed E-state index contributed by atoms with van der Waals surface area (Å²) in [5.41, 5.74) is 0.935. The molecule has 170 valence electrons. The molecule has 2 aromatic carbocycles. The normalized spacial score (nSPS) is 17.7. The van der Waals surface area contributed by atoms with Crippen molar-refractivity contribution in [2.45, 2.75) is 39.3 Å². The number of methoxy groups -OCH3 is 2. The van der Waals surface area contributed by atoms with Crippen LogP contribution in [-0.4, -0.2) is 48.6 Å². The molecule has 3 rings (SSSR count). The molecule has 0 saturated carbocycles. The first-order valence-corrected chi connectivity index (χ1v) is 10.6. The van der Waals surface area contributed by atoms with Crippen LogP contribution >= 0.6 is 0 Å². The van der Waals surface area contributed by atoms with Crippen LogP contribution in [0.15, 0.2) is 48.0 Å². The second-order valence-electron chi connectivity index (χ2n) is 7.77. The zero-order valence-corrected chi connectivity index (χ0v) is 19.0. The Bertz CT molecular complexity index is 1000. The number of amides is 1. The Balaban J connectivity index is 2.20. The van der Waals surface area contributed by atoms with E-state index in [1.54, 1.807) is 30.3 Å². The lowest BCUT2D eigenvalue weighted by Gasteiger charge is -2.25. The third-order valence-electron chi connectivity index (χ3n) is 5.24. The summed E-state index contributed by atoms with van der Waals surface area (Å²) in [7, 11) is 2.93. The van der Waals surface area contributed by atoms with Gasteiger partial charge in [-0.1, -0.05) is 25.1 Å². The number of likely N-dealkylation sites (tertiary alicyclic amines) is 1. The van der Waals surface area contributed by atoms with Gasteiger partial charge in [-0.2, -0.15) is 0 Å². The highest BCUT2D eigenvalue weighted by Crippen LogP contribution is 2.43. The monoisotopic (exact) mass is 439 g/mol. The van der Waals surface area contributed by atoms with Crippen molar-refractivity contribution in [1.29, 1.82) is 0 Å². The maximum atomic E-state index is 13.1. The third kappa shape index (κ3) is 4.28. The molecule has 1 amide bonds. The van der Waals surface area contributed by atoms with Crippen LogP contribution in [0.3, 0.4) is 0 Å². The van der Waals surface area contributed by atoms with Gasteiger partial charge in [0.25, 0.3) is 11.7 Å². The van der Waals surface area contributed by atoms with Crippen molar-refractivity contribution in [3.63, 3.8) is 0 Å². The van der Waals surface area contributed by atoms with Gasteiger partial charge in [0.1, 0.15) is 28.6 Å². The van der Waals surface area contributed by atoms with E-state index in [1.165, 1.54) is 19.1 Å². The first-order valence-electron chi connectivity index (χ1n) is 10.6. The van der Waals surface area contributed by atoms with E-state index in [2.05, 4.69) is 0 Å². The maximum Gasteiger partial charge on any atom is 0.295 e. The maximum absolute atomic E-state index is 13.1. The molecule has 7 heteroatoms. The lowest BCUT2D eigenvalue weighted by Crippen LogP contribution is -2.30. The average molecular weight is 440 g/mol. The Morgan fingerprint density at radius 1 is 1.03 bits per heavy atom. The van der Waals surface area contributed by atoms with Gasteiger partial charge in [-0.25, -0.2) is 0 Å². The van der Waals surface area contributed by atoms with Gasteiger partial charge in [-0.15, -0.1) is 0 Å². The molecule has 1 unspecified atom stereocenters. The van der Waals surface area contributed by atoms with Gasteiger partial charge in [0.15, 0.2) is 0 Å². The number of aliphatic hydroxyl groups is 1. The van der Waals surface area contributed by atoms with Crippen molar-refractivity contribution in [3.05, 3.63) is 59.2 Å². The van der Waals surface area contributed by atoms with Gasteiger partial charge >= 0.3 is 0 Å².